The van der Waals surface area contributed by atoms with Gasteiger partial charge in [0.1, 0.15) is 0 Å². The van der Waals surface area contributed by atoms with Crippen LogP contribution in [0.1, 0.15) is 56.2 Å². The minimum absolute atomic E-state index is 0.764. The molecule has 0 aliphatic heterocycles. The number of nitrogens with one attached hydrogen (secondary N) is 1. The third-order valence-corrected chi connectivity index (χ3v) is 4.69. The maximum atomic E-state index is 3.68. The first-order valence-corrected chi connectivity index (χ1v) is 7.89. The van der Waals surface area contributed by atoms with Crippen LogP contribution >= 0.6 is 15.9 Å². The van der Waals surface area contributed by atoms with Crippen LogP contribution in [0.25, 0.3) is 10.9 Å². The van der Waals surface area contributed by atoms with E-state index in [-0.39, 0.29) is 0 Å². The first-order valence-electron chi connectivity index (χ1n) is 7.09. The predicted octanol–water partition coefficient (Wildman–Crippen LogP) is 5.54. The molecule has 1 heterocycles. The Kier molecular flexibility index (Phi) is 3.47. The Morgan fingerprint density at radius 3 is 3.11 bits per heavy atom. The standard InChI is InChI=1S/C16H20BrN/c1-2-3-5-11-6-4-7-13-14-10-12(17)8-9-15(14)18-16(11)13/h8-11,18H,2-7H2,1H3. The number of aromatic amines is 1. The highest BCUT2D eigenvalue weighted by Crippen LogP contribution is 2.39. The quantitative estimate of drug-likeness (QED) is 0.766. The van der Waals surface area contributed by atoms with Crippen LogP contribution in [0.2, 0.25) is 0 Å². The van der Waals surface area contributed by atoms with Crippen LogP contribution in [0.15, 0.2) is 22.7 Å². The van der Waals surface area contributed by atoms with Gasteiger partial charge in [0.25, 0.3) is 0 Å². The van der Waals surface area contributed by atoms with Crippen LogP contribution in [0.3, 0.4) is 0 Å². The number of fused-ring (bicyclic) bond motifs is 3. The molecule has 96 valence electrons. The molecule has 0 saturated carbocycles. The summed E-state index contributed by atoms with van der Waals surface area (Å²) >= 11 is 3.59. The molecule has 1 nitrogen and oxygen atoms in total. The topological polar surface area (TPSA) is 15.8 Å². The van der Waals surface area contributed by atoms with E-state index in [1.54, 1.807) is 5.56 Å². The number of rotatable bonds is 3. The van der Waals surface area contributed by atoms with Gasteiger partial charge >= 0.3 is 0 Å². The Morgan fingerprint density at radius 2 is 2.28 bits per heavy atom. The van der Waals surface area contributed by atoms with Crippen LogP contribution in [0.4, 0.5) is 0 Å². The zero-order valence-electron chi connectivity index (χ0n) is 10.9. The monoisotopic (exact) mass is 305 g/mol. The van der Waals surface area contributed by atoms with Crippen LogP contribution in [0, 0.1) is 0 Å². The summed E-state index contributed by atoms with van der Waals surface area (Å²) in [5.41, 5.74) is 4.42. The summed E-state index contributed by atoms with van der Waals surface area (Å²) in [5, 5.41) is 1.43. The summed E-state index contributed by atoms with van der Waals surface area (Å²) in [7, 11) is 0. The van der Waals surface area contributed by atoms with Gasteiger partial charge in [0.15, 0.2) is 0 Å². The largest absolute Gasteiger partial charge is 0.358 e. The van der Waals surface area contributed by atoms with E-state index in [2.05, 4.69) is 46.0 Å². The van der Waals surface area contributed by atoms with Crippen molar-refractivity contribution in [1.82, 2.24) is 4.98 Å². The van der Waals surface area contributed by atoms with Crippen LogP contribution in [0.5, 0.6) is 0 Å². The lowest BCUT2D eigenvalue weighted by Crippen LogP contribution is -2.09. The zero-order chi connectivity index (χ0) is 12.5. The van der Waals surface area contributed by atoms with Gasteiger partial charge in [0.2, 0.25) is 0 Å². The van der Waals surface area contributed by atoms with Gasteiger partial charge in [-0.3, -0.25) is 0 Å². The van der Waals surface area contributed by atoms with Crippen molar-refractivity contribution in [2.24, 2.45) is 0 Å². The van der Waals surface area contributed by atoms with E-state index < -0.39 is 0 Å². The average Bonchev–Trinajstić information content (AvgIpc) is 2.75. The molecule has 18 heavy (non-hydrogen) atoms. The van der Waals surface area contributed by atoms with E-state index >= 15 is 0 Å². The number of halogens is 1. The fraction of sp³-hybridized carbons (Fsp3) is 0.500. The van der Waals surface area contributed by atoms with Crippen LogP contribution in [-0.4, -0.2) is 4.98 Å². The first-order chi connectivity index (χ1) is 8.79. The lowest BCUT2D eigenvalue weighted by molar-refractivity contribution is 0.495. The van der Waals surface area contributed by atoms with Gasteiger partial charge in [-0.15, -0.1) is 0 Å². The molecular weight excluding hydrogens is 286 g/mol. The van der Waals surface area contributed by atoms with Crippen LogP contribution < -0.4 is 0 Å². The van der Waals surface area contributed by atoms with Gasteiger partial charge in [-0.2, -0.15) is 0 Å². The van der Waals surface area contributed by atoms with Gasteiger partial charge in [-0.05, 0) is 55.4 Å². The highest BCUT2D eigenvalue weighted by atomic mass is 79.9. The second-order valence-corrected chi connectivity index (χ2v) is 6.35. The zero-order valence-corrected chi connectivity index (χ0v) is 12.5. The van der Waals surface area contributed by atoms with Gasteiger partial charge in [0.05, 0.1) is 0 Å². The number of aromatic nitrogens is 1. The van der Waals surface area contributed by atoms with E-state index in [9.17, 15) is 0 Å². The van der Waals surface area contributed by atoms with E-state index in [1.165, 1.54) is 59.6 Å². The van der Waals surface area contributed by atoms with Crippen molar-refractivity contribution in [3.05, 3.63) is 33.9 Å². The molecule has 1 aromatic carbocycles. The molecule has 1 aliphatic rings. The summed E-state index contributed by atoms with van der Waals surface area (Å²) in [6.45, 7) is 2.28. The summed E-state index contributed by atoms with van der Waals surface area (Å²) in [6.07, 6.45) is 7.95. The number of benzene rings is 1. The lowest BCUT2D eigenvalue weighted by atomic mass is 9.84. The first kappa shape index (κ1) is 12.3. The van der Waals surface area contributed by atoms with Crippen LogP contribution in [-0.2, 0) is 6.42 Å². The summed E-state index contributed by atoms with van der Waals surface area (Å²) in [6, 6.07) is 6.60. The molecule has 0 fully saturated rings. The molecule has 2 aromatic rings. The van der Waals surface area contributed by atoms with Crippen molar-refractivity contribution in [3.8, 4) is 0 Å². The smallest absolute Gasteiger partial charge is 0.0459 e. The Balaban J connectivity index is 2.04. The summed E-state index contributed by atoms with van der Waals surface area (Å²) < 4.78 is 1.19. The molecule has 3 rings (SSSR count). The highest BCUT2D eigenvalue weighted by molar-refractivity contribution is 9.10. The molecule has 0 amide bonds. The molecule has 1 aromatic heterocycles. The normalized spacial score (nSPS) is 19.1. The molecule has 0 bridgehead atoms. The number of H-pyrrole nitrogens is 1. The van der Waals surface area contributed by atoms with E-state index in [1.807, 2.05) is 0 Å². The van der Waals surface area contributed by atoms with E-state index in [0.717, 1.165) is 5.92 Å². The third-order valence-electron chi connectivity index (χ3n) is 4.19. The Bertz CT molecular complexity index is 555. The van der Waals surface area contributed by atoms with Gasteiger partial charge in [-0.25, -0.2) is 0 Å². The Hall–Kier alpha value is -0.760. The fourth-order valence-corrected chi connectivity index (χ4v) is 3.63. The fourth-order valence-electron chi connectivity index (χ4n) is 3.27. The van der Waals surface area contributed by atoms with Crippen molar-refractivity contribution in [2.75, 3.05) is 0 Å². The van der Waals surface area contributed by atoms with Crippen molar-refractivity contribution in [2.45, 2.75) is 51.4 Å². The molecule has 0 radical (unpaired) electrons. The molecule has 0 saturated heterocycles. The minimum Gasteiger partial charge on any atom is -0.358 e. The molecular formula is C16H20BrN. The average molecular weight is 306 g/mol. The number of hydrogen-bond donors (Lipinski definition) is 1. The van der Waals surface area contributed by atoms with Crippen molar-refractivity contribution < 1.29 is 0 Å². The number of hydrogen-bond acceptors (Lipinski definition) is 0. The third kappa shape index (κ3) is 2.11. The molecule has 1 N–H and O–H groups in total. The molecule has 1 atom stereocenters. The van der Waals surface area contributed by atoms with Gasteiger partial charge < -0.3 is 4.98 Å². The number of unbranched alkanes of at least 4 members (excludes halogenated alkanes) is 1. The molecule has 0 spiro atoms. The second kappa shape index (κ2) is 5.08. The lowest BCUT2D eigenvalue weighted by Gasteiger charge is -2.22. The summed E-state index contributed by atoms with van der Waals surface area (Å²) in [5.74, 6) is 0.764. The van der Waals surface area contributed by atoms with Crippen molar-refractivity contribution >= 4 is 26.8 Å². The van der Waals surface area contributed by atoms with Gasteiger partial charge in [-0.1, -0.05) is 35.7 Å². The van der Waals surface area contributed by atoms with E-state index in [0.29, 0.717) is 0 Å². The second-order valence-electron chi connectivity index (χ2n) is 5.44. The molecule has 1 unspecified atom stereocenters. The molecule has 1 aliphatic carbocycles. The Labute approximate surface area is 117 Å². The SMILES string of the molecule is CCCCC1CCCc2c1[nH]c1ccc(Br)cc21. The molecule has 2 heteroatoms. The number of aryl methyl sites for hydroxylation is 1. The van der Waals surface area contributed by atoms with Gasteiger partial charge in [0, 0.05) is 21.1 Å². The predicted molar refractivity (Wildman–Crippen MR) is 81.2 cm³/mol. The van der Waals surface area contributed by atoms with E-state index in [4.69, 9.17) is 0 Å². The minimum atomic E-state index is 0.764. The summed E-state index contributed by atoms with van der Waals surface area (Å²) in [4.78, 5) is 3.68. The maximum Gasteiger partial charge on any atom is 0.0459 e. The van der Waals surface area contributed by atoms with Crippen molar-refractivity contribution in [3.63, 3.8) is 0 Å². The highest BCUT2D eigenvalue weighted by Gasteiger charge is 2.23. The van der Waals surface area contributed by atoms with Crippen molar-refractivity contribution in [1.29, 1.82) is 0 Å². The Morgan fingerprint density at radius 1 is 1.39 bits per heavy atom. The maximum absolute atomic E-state index is 3.68.